The largest absolute Gasteiger partial charge is 0.468 e. The van der Waals surface area contributed by atoms with Gasteiger partial charge >= 0.3 is 0 Å². The van der Waals surface area contributed by atoms with Crippen LogP contribution in [0.25, 0.3) is 0 Å². The van der Waals surface area contributed by atoms with Crippen molar-refractivity contribution in [2.45, 2.75) is 31.3 Å². The zero-order valence-electron chi connectivity index (χ0n) is 13.6. The monoisotopic (exact) mass is 384 g/mol. The molecule has 0 aliphatic carbocycles. The number of carbonyl (C=O) groups excluding carboxylic acids is 2. The van der Waals surface area contributed by atoms with E-state index in [1.165, 1.54) is 44.4 Å². The Morgan fingerprint density at radius 1 is 1.24 bits per heavy atom. The minimum atomic E-state index is -4.01. The van der Waals surface area contributed by atoms with Gasteiger partial charge in [-0.3, -0.25) is 9.59 Å². The number of furan rings is 1. The zero-order chi connectivity index (χ0) is 18.6. The highest BCUT2D eigenvalue weighted by Gasteiger charge is 2.33. The van der Waals surface area contributed by atoms with Gasteiger partial charge < -0.3 is 9.73 Å². The quantitative estimate of drug-likeness (QED) is 0.740. The lowest BCUT2D eigenvalue weighted by molar-refractivity contribution is -0.115. The Balaban J connectivity index is 2.36. The van der Waals surface area contributed by atoms with Crippen molar-refractivity contribution in [2.75, 3.05) is 5.32 Å². The Hall–Kier alpha value is -2.16. The number of benzene rings is 1. The van der Waals surface area contributed by atoms with Crippen LogP contribution in [0.2, 0.25) is 0 Å². The van der Waals surface area contributed by atoms with Crippen molar-refractivity contribution in [3.05, 3.63) is 48.4 Å². The number of rotatable bonds is 7. The molecule has 1 unspecified atom stereocenters. The van der Waals surface area contributed by atoms with Gasteiger partial charge in [-0.15, -0.1) is 0 Å². The number of carbonyl (C=O) groups is 2. The smallest absolute Gasteiger partial charge is 0.244 e. The van der Waals surface area contributed by atoms with E-state index in [0.29, 0.717) is 11.4 Å². The van der Waals surface area contributed by atoms with E-state index in [1.54, 1.807) is 12.1 Å². The fourth-order valence-corrected chi connectivity index (χ4v) is 3.88. The van der Waals surface area contributed by atoms with E-state index >= 15 is 0 Å². The third-order valence-corrected chi connectivity index (χ3v) is 5.68. The summed E-state index contributed by atoms with van der Waals surface area (Å²) in [6.07, 6.45) is 1.41. The summed E-state index contributed by atoms with van der Waals surface area (Å²) < 4.78 is 32.0. The molecular formula is C16H17ClN2O5S. The highest BCUT2D eigenvalue weighted by atomic mass is 35.5. The number of halogens is 1. The Morgan fingerprint density at radius 3 is 2.36 bits per heavy atom. The van der Waals surface area contributed by atoms with Gasteiger partial charge in [0.1, 0.15) is 5.76 Å². The first kappa shape index (κ1) is 19.2. The summed E-state index contributed by atoms with van der Waals surface area (Å²) in [5.74, 6) is 0.111. The maximum absolute atomic E-state index is 12.9. The fourth-order valence-electron chi connectivity index (χ4n) is 2.15. The van der Waals surface area contributed by atoms with Crippen LogP contribution in [0.3, 0.4) is 0 Å². The maximum atomic E-state index is 12.9. The van der Waals surface area contributed by atoms with Crippen LogP contribution in [0.1, 0.15) is 19.6 Å². The van der Waals surface area contributed by atoms with Gasteiger partial charge in [0.15, 0.2) is 0 Å². The van der Waals surface area contributed by atoms with Crippen molar-refractivity contribution >= 4 is 38.5 Å². The summed E-state index contributed by atoms with van der Waals surface area (Å²) >= 11 is 5.52. The molecule has 2 aromatic rings. The molecule has 9 heteroatoms. The predicted molar refractivity (Wildman–Crippen MR) is 92.5 cm³/mol. The Kier molecular flexibility index (Phi) is 5.99. The minimum absolute atomic E-state index is 0.0297. The van der Waals surface area contributed by atoms with E-state index in [1.807, 2.05) is 0 Å². The second-order valence-corrected chi connectivity index (χ2v) is 7.58. The Morgan fingerprint density at radius 2 is 1.88 bits per heavy atom. The maximum Gasteiger partial charge on any atom is 0.244 e. The molecule has 1 amide bonds. The summed E-state index contributed by atoms with van der Waals surface area (Å²) in [5, 5.41) is 1.75. The van der Waals surface area contributed by atoms with Crippen molar-refractivity contribution < 1.29 is 22.4 Å². The van der Waals surface area contributed by atoms with Crippen molar-refractivity contribution in [2.24, 2.45) is 0 Å². The summed E-state index contributed by atoms with van der Waals surface area (Å²) in [5.41, 5.74) is 0.463. The molecule has 0 fully saturated rings. The molecule has 0 spiro atoms. The molecule has 1 atom stereocenters. The van der Waals surface area contributed by atoms with Gasteiger partial charge in [-0.1, -0.05) is 0 Å². The van der Waals surface area contributed by atoms with Crippen LogP contribution in [0.4, 0.5) is 5.69 Å². The predicted octanol–water partition coefficient (Wildman–Crippen LogP) is 2.58. The van der Waals surface area contributed by atoms with Gasteiger partial charge in [0.05, 0.1) is 23.7 Å². The third-order valence-electron chi connectivity index (χ3n) is 3.43. The average molecular weight is 385 g/mol. The van der Waals surface area contributed by atoms with Gasteiger partial charge in [0.2, 0.25) is 21.2 Å². The molecule has 25 heavy (non-hydrogen) atoms. The molecule has 0 bridgehead atoms. The van der Waals surface area contributed by atoms with Crippen molar-refractivity contribution in [1.82, 2.24) is 4.31 Å². The molecule has 0 aliphatic rings. The topological polar surface area (TPSA) is 96.7 Å². The van der Waals surface area contributed by atoms with E-state index < -0.39 is 21.3 Å². The first-order valence-corrected chi connectivity index (χ1v) is 9.15. The lowest BCUT2D eigenvalue weighted by atomic mass is 10.3. The molecule has 1 heterocycles. The SMILES string of the molecule is CC(=O)Nc1ccc(S(=O)(=O)N(Cc2ccco2)C(C)C(=O)Cl)cc1. The molecule has 0 aliphatic heterocycles. The Labute approximate surface area is 150 Å². The molecule has 2 rings (SSSR count). The fraction of sp³-hybridized carbons (Fsp3) is 0.250. The van der Waals surface area contributed by atoms with Crippen LogP contribution < -0.4 is 5.32 Å². The molecular weight excluding hydrogens is 368 g/mol. The van der Waals surface area contributed by atoms with Gasteiger partial charge in [-0.05, 0) is 54.9 Å². The molecule has 0 saturated heterocycles. The standard InChI is InChI=1S/C16H17ClN2O5S/c1-11(16(17)21)19(10-14-4-3-9-24-14)25(22,23)15-7-5-13(6-8-15)18-12(2)20/h3-9,11H,10H2,1-2H3,(H,18,20). The molecule has 134 valence electrons. The van der Waals surface area contributed by atoms with Gasteiger partial charge in [-0.2, -0.15) is 4.31 Å². The van der Waals surface area contributed by atoms with Crippen molar-refractivity contribution in [3.8, 4) is 0 Å². The lowest BCUT2D eigenvalue weighted by Gasteiger charge is -2.25. The Bertz CT molecular complexity index is 847. The number of amides is 1. The number of anilines is 1. The second-order valence-electron chi connectivity index (χ2n) is 5.32. The number of hydrogen-bond acceptors (Lipinski definition) is 5. The molecule has 1 N–H and O–H groups in total. The van der Waals surface area contributed by atoms with Crippen molar-refractivity contribution in [1.29, 1.82) is 0 Å². The minimum Gasteiger partial charge on any atom is -0.468 e. The van der Waals surface area contributed by atoms with Crippen LogP contribution in [0, 0.1) is 0 Å². The highest BCUT2D eigenvalue weighted by Crippen LogP contribution is 2.23. The van der Waals surface area contributed by atoms with Crippen LogP contribution in [-0.2, 0) is 26.2 Å². The van der Waals surface area contributed by atoms with E-state index in [0.717, 1.165) is 4.31 Å². The van der Waals surface area contributed by atoms with Crippen LogP contribution >= 0.6 is 11.6 Å². The van der Waals surface area contributed by atoms with Crippen LogP contribution in [0.5, 0.6) is 0 Å². The molecule has 1 aromatic heterocycles. The zero-order valence-corrected chi connectivity index (χ0v) is 15.2. The number of nitrogens with one attached hydrogen (secondary N) is 1. The first-order chi connectivity index (χ1) is 11.7. The summed E-state index contributed by atoms with van der Waals surface area (Å²) in [6, 6.07) is 7.77. The van der Waals surface area contributed by atoms with Gasteiger partial charge in [0, 0.05) is 12.6 Å². The number of sulfonamides is 1. The average Bonchev–Trinajstić information content (AvgIpc) is 3.05. The summed E-state index contributed by atoms with van der Waals surface area (Å²) in [4.78, 5) is 22.6. The normalized spacial score (nSPS) is 12.8. The van der Waals surface area contributed by atoms with Gasteiger partial charge in [-0.25, -0.2) is 8.42 Å². The van der Waals surface area contributed by atoms with E-state index in [9.17, 15) is 18.0 Å². The molecule has 0 saturated carbocycles. The van der Waals surface area contributed by atoms with Gasteiger partial charge in [0.25, 0.3) is 0 Å². The van der Waals surface area contributed by atoms with E-state index in [4.69, 9.17) is 16.0 Å². The van der Waals surface area contributed by atoms with E-state index in [2.05, 4.69) is 5.32 Å². The second kappa shape index (κ2) is 7.81. The molecule has 1 aromatic carbocycles. The van der Waals surface area contributed by atoms with Crippen molar-refractivity contribution in [3.63, 3.8) is 0 Å². The van der Waals surface area contributed by atoms with Crippen LogP contribution in [-0.4, -0.2) is 29.9 Å². The summed E-state index contributed by atoms with van der Waals surface area (Å²) in [6.45, 7) is 2.62. The first-order valence-electron chi connectivity index (χ1n) is 7.33. The lowest BCUT2D eigenvalue weighted by Crippen LogP contribution is -2.41. The highest BCUT2D eigenvalue weighted by molar-refractivity contribution is 7.89. The molecule has 0 radical (unpaired) electrons. The van der Waals surface area contributed by atoms with E-state index in [-0.39, 0.29) is 17.3 Å². The third kappa shape index (κ3) is 4.68. The number of hydrogen-bond donors (Lipinski definition) is 1. The molecule has 7 nitrogen and oxygen atoms in total. The summed E-state index contributed by atoms with van der Waals surface area (Å²) in [7, 11) is -4.01. The number of nitrogens with zero attached hydrogens (tertiary/aromatic N) is 1. The van der Waals surface area contributed by atoms with Crippen LogP contribution in [0.15, 0.2) is 52.0 Å².